The van der Waals surface area contributed by atoms with Gasteiger partial charge in [0.15, 0.2) is 0 Å². The molecule has 32 heavy (non-hydrogen) atoms. The molecule has 3 unspecified atom stereocenters. The van der Waals surface area contributed by atoms with Crippen molar-refractivity contribution in [2.45, 2.75) is 29.7 Å². The second kappa shape index (κ2) is 9.25. The summed E-state index contributed by atoms with van der Waals surface area (Å²) in [5.41, 5.74) is 5.47. The van der Waals surface area contributed by atoms with Gasteiger partial charge in [-0.05, 0) is 59.9 Å². The van der Waals surface area contributed by atoms with E-state index < -0.39 is 0 Å². The lowest BCUT2D eigenvalue weighted by Crippen LogP contribution is -2.32. The number of allylic oxidation sites excluding steroid dienone is 2. The molecule has 0 saturated heterocycles. The Bertz CT molecular complexity index is 1120. The number of hydrogen-bond donors (Lipinski definition) is 2. The summed E-state index contributed by atoms with van der Waals surface area (Å²) in [5.74, 6) is 0.801. The summed E-state index contributed by atoms with van der Waals surface area (Å²) >= 11 is 1.76. The second-order valence-corrected chi connectivity index (χ2v) is 9.39. The normalized spacial score (nSPS) is 20.8. The Labute approximate surface area is 194 Å². The Morgan fingerprint density at radius 1 is 1.03 bits per heavy atom. The van der Waals surface area contributed by atoms with E-state index in [4.69, 9.17) is 0 Å². The maximum atomic E-state index is 13.2. The molecule has 0 saturated carbocycles. The van der Waals surface area contributed by atoms with E-state index in [0.717, 1.165) is 24.1 Å². The summed E-state index contributed by atoms with van der Waals surface area (Å²) in [4.78, 5) is 14.4. The van der Waals surface area contributed by atoms with Crippen molar-refractivity contribution in [3.8, 4) is 0 Å². The number of para-hydroxylation sites is 1. The van der Waals surface area contributed by atoms with Crippen molar-refractivity contribution in [3.63, 3.8) is 0 Å². The van der Waals surface area contributed by atoms with Crippen LogP contribution in [-0.4, -0.2) is 18.7 Å². The number of carbonyl (C=O) groups excluding carboxylic acids is 1. The van der Waals surface area contributed by atoms with E-state index in [-0.39, 0.29) is 11.9 Å². The van der Waals surface area contributed by atoms with Crippen molar-refractivity contribution < 1.29 is 4.79 Å². The topological polar surface area (TPSA) is 41.1 Å². The molecule has 0 bridgehead atoms. The van der Waals surface area contributed by atoms with E-state index in [1.807, 2.05) is 30.3 Å². The smallest absolute Gasteiger partial charge is 0.253 e. The van der Waals surface area contributed by atoms with Crippen molar-refractivity contribution >= 4 is 23.4 Å². The molecule has 3 aromatic rings. The fraction of sp³-hybridized carbons (Fsp3) is 0.250. The third-order valence-electron chi connectivity index (χ3n) is 6.66. The quantitative estimate of drug-likeness (QED) is 0.354. The molecule has 3 aromatic carbocycles. The molecule has 0 aromatic heterocycles. The summed E-state index contributed by atoms with van der Waals surface area (Å²) in [6, 6.07) is 25.4. The minimum atomic E-state index is -0.0119. The summed E-state index contributed by atoms with van der Waals surface area (Å²) < 4.78 is 0. The highest BCUT2D eigenvalue weighted by Crippen LogP contribution is 2.50. The average molecular weight is 441 g/mol. The fourth-order valence-electron chi connectivity index (χ4n) is 5.01. The molecule has 162 valence electrons. The summed E-state index contributed by atoms with van der Waals surface area (Å²) in [6.45, 7) is 0.623. The first kappa shape index (κ1) is 20.9. The third kappa shape index (κ3) is 4.07. The van der Waals surface area contributed by atoms with Gasteiger partial charge in [0.05, 0.1) is 17.3 Å². The average Bonchev–Trinajstić information content (AvgIpc) is 3.34. The third-order valence-corrected chi connectivity index (χ3v) is 7.40. The Balaban J connectivity index is 1.40. The highest BCUT2D eigenvalue weighted by molar-refractivity contribution is 7.98. The van der Waals surface area contributed by atoms with Gasteiger partial charge in [0.25, 0.3) is 5.91 Å². The van der Waals surface area contributed by atoms with Gasteiger partial charge in [-0.3, -0.25) is 4.79 Å². The summed E-state index contributed by atoms with van der Waals surface area (Å²) in [7, 11) is 0. The van der Waals surface area contributed by atoms with E-state index >= 15 is 0 Å². The highest BCUT2D eigenvalue weighted by Gasteiger charge is 2.39. The van der Waals surface area contributed by atoms with E-state index in [1.54, 1.807) is 11.8 Å². The van der Waals surface area contributed by atoms with Gasteiger partial charge in [-0.1, -0.05) is 66.7 Å². The number of amides is 1. The van der Waals surface area contributed by atoms with Crippen LogP contribution >= 0.6 is 11.8 Å². The predicted molar refractivity (Wildman–Crippen MR) is 133 cm³/mol. The molecule has 5 rings (SSSR count). The predicted octanol–water partition coefficient (Wildman–Crippen LogP) is 6.21. The lowest BCUT2D eigenvalue weighted by Gasteiger charge is -2.38. The van der Waals surface area contributed by atoms with Crippen molar-refractivity contribution in [1.82, 2.24) is 5.32 Å². The van der Waals surface area contributed by atoms with Crippen molar-refractivity contribution in [2.24, 2.45) is 5.92 Å². The largest absolute Gasteiger partial charge is 0.377 e. The molecule has 3 nitrogen and oxygen atoms in total. The number of nitrogens with one attached hydrogen (secondary N) is 2. The zero-order valence-corrected chi connectivity index (χ0v) is 19.1. The Kier molecular flexibility index (Phi) is 6.04. The van der Waals surface area contributed by atoms with Gasteiger partial charge in [0.1, 0.15) is 0 Å². The molecule has 2 N–H and O–H groups in total. The summed E-state index contributed by atoms with van der Waals surface area (Å²) in [5, 5.41) is 6.90. The van der Waals surface area contributed by atoms with Crippen LogP contribution in [0.2, 0.25) is 0 Å². The number of benzene rings is 3. The van der Waals surface area contributed by atoms with Crippen LogP contribution in [0.5, 0.6) is 0 Å². The van der Waals surface area contributed by atoms with Crippen LogP contribution in [-0.2, 0) is 6.42 Å². The SMILES string of the molecule is CSc1ccc(C2Nc3c(C(=O)NCCc4ccccc4)cccc3C3C=CCC32)cc1. The highest BCUT2D eigenvalue weighted by atomic mass is 32.2. The first-order valence-electron chi connectivity index (χ1n) is 11.3. The molecule has 1 aliphatic heterocycles. The van der Waals surface area contributed by atoms with Gasteiger partial charge < -0.3 is 10.6 Å². The van der Waals surface area contributed by atoms with Crippen molar-refractivity contribution in [3.05, 3.63) is 107 Å². The molecule has 1 amide bonds. The molecule has 3 atom stereocenters. The van der Waals surface area contributed by atoms with Crippen LogP contribution in [0.25, 0.3) is 0 Å². The molecule has 1 heterocycles. The molecular weight excluding hydrogens is 412 g/mol. The monoisotopic (exact) mass is 440 g/mol. The standard InChI is InChI=1S/C28H28N2OS/c1-32-21-15-13-20(14-16-21)26-23-10-5-9-22(23)24-11-6-12-25(27(24)30-26)28(31)29-18-17-19-7-3-2-4-8-19/h2-9,11-16,22-23,26,30H,10,17-18H2,1H3,(H,29,31). The van der Waals surface area contributed by atoms with Crippen molar-refractivity contribution in [1.29, 1.82) is 0 Å². The second-order valence-electron chi connectivity index (χ2n) is 8.51. The van der Waals surface area contributed by atoms with Crippen LogP contribution < -0.4 is 10.6 Å². The van der Waals surface area contributed by atoms with Gasteiger partial charge in [-0.2, -0.15) is 0 Å². The molecule has 0 spiro atoms. The number of fused-ring (bicyclic) bond motifs is 3. The van der Waals surface area contributed by atoms with Crippen molar-refractivity contribution in [2.75, 3.05) is 18.1 Å². The van der Waals surface area contributed by atoms with Crippen LogP contribution in [0.4, 0.5) is 5.69 Å². The maximum absolute atomic E-state index is 13.2. The Morgan fingerprint density at radius 2 is 1.84 bits per heavy atom. The zero-order chi connectivity index (χ0) is 21.9. The Hall–Kier alpha value is -2.98. The Morgan fingerprint density at radius 3 is 2.62 bits per heavy atom. The lowest BCUT2D eigenvalue weighted by atomic mass is 9.76. The van der Waals surface area contributed by atoms with E-state index in [0.29, 0.717) is 18.4 Å². The van der Waals surface area contributed by atoms with Gasteiger partial charge in [-0.15, -0.1) is 11.8 Å². The molecule has 4 heteroatoms. The van der Waals surface area contributed by atoms with Crippen LogP contribution in [0.15, 0.2) is 89.8 Å². The first-order valence-corrected chi connectivity index (χ1v) is 12.5. The zero-order valence-electron chi connectivity index (χ0n) is 18.3. The minimum Gasteiger partial charge on any atom is -0.377 e. The fourth-order valence-corrected chi connectivity index (χ4v) is 5.42. The van der Waals surface area contributed by atoms with Gasteiger partial charge in [-0.25, -0.2) is 0 Å². The molecular formula is C28H28N2OS. The number of rotatable bonds is 6. The number of anilines is 1. The van der Waals surface area contributed by atoms with Crippen LogP contribution in [0.1, 0.15) is 45.4 Å². The summed E-state index contributed by atoms with van der Waals surface area (Å²) in [6.07, 6.45) is 8.60. The maximum Gasteiger partial charge on any atom is 0.253 e. The molecule has 1 aliphatic carbocycles. The van der Waals surface area contributed by atoms with E-state index in [2.05, 4.69) is 71.5 Å². The molecule has 0 fully saturated rings. The number of thioether (sulfide) groups is 1. The number of carbonyl (C=O) groups is 1. The van der Waals surface area contributed by atoms with Gasteiger partial charge in [0.2, 0.25) is 0 Å². The minimum absolute atomic E-state index is 0.0119. The van der Waals surface area contributed by atoms with E-state index in [1.165, 1.54) is 21.6 Å². The van der Waals surface area contributed by atoms with Gasteiger partial charge >= 0.3 is 0 Å². The first-order chi connectivity index (χ1) is 15.7. The van der Waals surface area contributed by atoms with Crippen LogP contribution in [0.3, 0.4) is 0 Å². The van der Waals surface area contributed by atoms with Gasteiger partial charge in [0, 0.05) is 17.4 Å². The molecule has 0 radical (unpaired) electrons. The van der Waals surface area contributed by atoms with E-state index in [9.17, 15) is 4.79 Å². The van der Waals surface area contributed by atoms with Crippen LogP contribution in [0, 0.1) is 5.92 Å². The lowest BCUT2D eigenvalue weighted by molar-refractivity contribution is 0.0954. The number of hydrogen-bond acceptors (Lipinski definition) is 3. The molecule has 2 aliphatic rings.